The van der Waals surface area contributed by atoms with Crippen molar-refractivity contribution in [3.63, 3.8) is 0 Å². The van der Waals surface area contributed by atoms with Crippen molar-refractivity contribution in [1.82, 2.24) is 15.5 Å². The van der Waals surface area contributed by atoms with Gasteiger partial charge >= 0.3 is 0 Å². The zero-order valence-electron chi connectivity index (χ0n) is 13.5. The third-order valence-electron chi connectivity index (χ3n) is 3.61. The highest BCUT2D eigenvalue weighted by molar-refractivity contribution is 6.42. The summed E-state index contributed by atoms with van der Waals surface area (Å²) < 4.78 is 5.15. The van der Waals surface area contributed by atoms with Crippen LogP contribution in [-0.4, -0.2) is 16.0 Å². The summed E-state index contributed by atoms with van der Waals surface area (Å²) in [6, 6.07) is 12.5. The van der Waals surface area contributed by atoms with Crippen molar-refractivity contribution < 1.29 is 9.32 Å². The number of halogens is 3. The molecule has 0 spiro atoms. The van der Waals surface area contributed by atoms with Crippen LogP contribution in [0.5, 0.6) is 0 Å². The molecule has 8 heteroatoms. The van der Waals surface area contributed by atoms with E-state index in [4.69, 9.17) is 39.3 Å². The van der Waals surface area contributed by atoms with Gasteiger partial charge in [-0.3, -0.25) is 4.79 Å². The van der Waals surface area contributed by atoms with Crippen LogP contribution in [0.15, 0.2) is 47.0 Å². The first-order valence-corrected chi connectivity index (χ1v) is 8.94. The fourth-order valence-corrected chi connectivity index (χ4v) is 2.80. The fourth-order valence-electron chi connectivity index (χ4n) is 2.29. The highest BCUT2D eigenvalue weighted by Gasteiger charge is 2.10. The molecule has 0 aliphatic heterocycles. The fraction of sp³-hybridized carbons (Fsp3) is 0.167. The van der Waals surface area contributed by atoms with Crippen molar-refractivity contribution in [3.05, 3.63) is 69.0 Å². The molecule has 0 unspecified atom stereocenters. The Balaban J connectivity index is 1.51. The molecule has 26 heavy (non-hydrogen) atoms. The molecule has 2 aromatic carbocycles. The molecule has 0 aliphatic rings. The van der Waals surface area contributed by atoms with Crippen LogP contribution in [0.3, 0.4) is 0 Å². The maximum atomic E-state index is 12.0. The molecule has 3 rings (SSSR count). The number of nitrogens with one attached hydrogen (secondary N) is 1. The molecule has 0 fully saturated rings. The van der Waals surface area contributed by atoms with Crippen molar-refractivity contribution >= 4 is 40.7 Å². The van der Waals surface area contributed by atoms with Gasteiger partial charge in [-0.2, -0.15) is 4.98 Å². The second-order valence-electron chi connectivity index (χ2n) is 5.55. The third-order valence-corrected chi connectivity index (χ3v) is 4.59. The van der Waals surface area contributed by atoms with Gasteiger partial charge in [-0.05, 0) is 36.2 Å². The van der Waals surface area contributed by atoms with Crippen molar-refractivity contribution in [2.45, 2.75) is 19.4 Å². The van der Waals surface area contributed by atoms with E-state index in [2.05, 4.69) is 15.5 Å². The van der Waals surface area contributed by atoms with Gasteiger partial charge in [0.1, 0.15) is 0 Å². The van der Waals surface area contributed by atoms with E-state index in [1.165, 1.54) is 0 Å². The molecule has 0 aliphatic carbocycles. The molecule has 3 aromatic rings. The largest absolute Gasteiger partial charge is 0.347 e. The molecule has 0 radical (unpaired) electrons. The number of benzene rings is 2. The number of aryl methyl sites for hydroxylation is 1. The summed E-state index contributed by atoms with van der Waals surface area (Å²) in [6.45, 7) is 0.160. The van der Waals surface area contributed by atoms with E-state index in [9.17, 15) is 4.79 Å². The van der Waals surface area contributed by atoms with Gasteiger partial charge < -0.3 is 9.84 Å². The number of hydrogen-bond donors (Lipinski definition) is 1. The van der Waals surface area contributed by atoms with E-state index in [-0.39, 0.29) is 12.5 Å². The van der Waals surface area contributed by atoms with Crippen LogP contribution in [0, 0.1) is 0 Å². The molecule has 1 N–H and O–H groups in total. The number of nitrogens with zero attached hydrogens (tertiary/aromatic N) is 2. The zero-order chi connectivity index (χ0) is 18.5. The van der Waals surface area contributed by atoms with E-state index in [1.807, 2.05) is 12.1 Å². The van der Waals surface area contributed by atoms with Crippen LogP contribution in [0.2, 0.25) is 15.1 Å². The maximum Gasteiger partial charge on any atom is 0.246 e. The number of amides is 1. The molecule has 1 amide bonds. The molecule has 0 saturated carbocycles. The predicted octanol–water partition coefficient (Wildman–Crippen LogP) is 4.95. The predicted molar refractivity (Wildman–Crippen MR) is 101 cm³/mol. The zero-order valence-corrected chi connectivity index (χ0v) is 15.8. The van der Waals surface area contributed by atoms with Gasteiger partial charge in [0.2, 0.25) is 17.6 Å². The lowest BCUT2D eigenvalue weighted by Gasteiger charge is -2.04. The highest BCUT2D eigenvalue weighted by Crippen LogP contribution is 2.23. The van der Waals surface area contributed by atoms with Crippen LogP contribution in [0.4, 0.5) is 0 Å². The second-order valence-corrected chi connectivity index (χ2v) is 6.80. The minimum atomic E-state index is -0.126. The Morgan fingerprint density at radius 3 is 2.69 bits per heavy atom. The minimum absolute atomic E-state index is 0.126. The topological polar surface area (TPSA) is 68.0 Å². The maximum absolute atomic E-state index is 12.0. The molecular weight excluding hydrogens is 397 g/mol. The smallest absolute Gasteiger partial charge is 0.246 e. The Labute approximate surface area is 165 Å². The van der Waals surface area contributed by atoms with Gasteiger partial charge in [0.05, 0.1) is 16.6 Å². The van der Waals surface area contributed by atoms with Gasteiger partial charge in [-0.1, -0.05) is 58.2 Å². The number of carbonyl (C=O) groups is 1. The first kappa shape index (κ1) is 18.7. The Morgan fingerprint density at radius 2 is 1.92 bits per heavy atom. The molecular formula is C18H14Cl3N3O2. The molecule has 5 nitrogen and oxygen atoms in total. The summed E-state index contributed by atoms with van der Waals surface area (Å²) in [5.74, 6) is 0.619. The van der Waals surface area contributed by atoms with Crippen molar-refractivity contribution in [1.29, 1.82) is 0 Å². The molecule has 0 atom stereocenters. The lowest BCUT2D eigenvalue weighted by atomic mass is 10.1. The molecule has 1 heterocycles. The Bertz CT molecular complexity index is 928. The van der Waals surface area contributed by atoms with Gasteiger partial charge in [0, 0.05) is 17.0 Å². The first-order chi connectivity index (χ1) is 12.5. The van der Waals surface area contributed by atoms with Crippen molar-refractivity contribution in [2.24, 2.45) is 0 Å². The third kappa shape index (κ3) is 4.97. The Kier molecular flexibility index (Phi) is 6.14. The van der Waals surface area contributed by atoms with Crippen molar-refractivity contribution in [2.75, 3.05) is 0 Å². The van der Waals surface area contributed by atoms with Crippen LogP contribution in [0.25, 0.3) is 11.4 Å². The van der Waals surface area contributed by atoms with Crippen LogP contribution < -0.4 is 5.32 Å². The van der Waals surface area contributed by atoms with E-state index in [0.717, 1.165) is 11.1 Å². The standard InChI is InChI=1S/C18H14Cl3N3O2/c19-13-3-1-2-12(9-13)18-23-17(26-24-18)10-22-16(25)7-5-11-4-6-14(20)15(21)8-11/h1-4,6,8-9H,5,7,10H2,(H,22,25). The van der Waals surface area contributed by atoms with Crippen LogP contribution >= 0.6 is 34.8 Å². The lowest BCUT2D eigenvalue weighted by Crippen LogP contribution is -2.23. The summed E-state index contributed by atoms with van der Waals surface area (Å²) in [5.41, 5.74) is 1.69. The molecule has 0 bridgehead atoms. The second kappa shape index (κ2) is 8.54. The summed E-state index contributed by atoms with van der Waals surface area (Å²) in [5, 5.41) is 8.20. The molecule has 1 aromatic heterocycles. The monoisotopic (exact) mass is 409 g/mol. The average molecular weight is 411 g/mol. The SMILES string of the molecule is O=C(CCc1ccc(Cl)c(Cl)c1)NCc1nc(-c2cccc(Cl)c2)no1. The van der Waals surface area contributed by atoms with Crippen LogP contribution in [-0.2, 0) is 17.8 Å². The van der Waals surface area contributed by atoms with E-state index >= 15 is 0 Å². The number of hydrogen-bond acceptors (Lipinski definition) is 4. The molecule has 0 saturated heterocycles. The molecule has 134 valence electrons. The van der Waals surface area contributed by atoms with Gasteiger partial charge in [0.25, 0.3) is 0 Å². The van der Waals surface area contributed by atoms with Gasteiger partial charge in [-0.25, -0.2) is 0 Å². The highest BCUT2D eigenvalue weighted by atomic mass is 35.5. The Hall–Kier alpha value is -2.08. The van der Waals surface area contributed by atoms with Crippen molar-refractivity contribution in [3.8, 4) is 11.4 Å². The summed E-state index contributed by atoms with van der Waals surface area (Å²) in [4.78, 5) is 16.2. The number of carbonyl (C=O) groups excluding carboxylic acids is 1. The summed E-state index contributed by atoms with van der Waals surface area (Å²) in [6.07, 6.45) is 0.869. The normalized spacial score (nSPS) is 10.7. The summed E-state index contributed by atoms with van der Waals surface area (Å²) >= 11 is 17.8. The van der Waals surface area contributed by atoms with Gasteiger partial charge in [-0.15, -0.1) is 0 Å². The first-order valence-electron chi connectivity index (χ1n) is 7.80. The van der Waals surface area contributed by atoms with E-state index in [0.29, 0.717) is 39.6 Å². The Morgan fingerprint density at radius 1 is 1.08 bits per heavy atom. The number of rotatable bonds is 6. The number of aromatic nitrogens is 2. The quantitative estimate of drug-likeness (QED) is 0.624. The minimum Gasteiger partial charge on any atom is -0.347 e. The lowest BCUT2D eigenvalue weighted by molar-refractivity contribution is -0.121. The van der Waals surface area contributed by atoms with E-state index < -0.39 is 0 Å². The summed E-state index contributed by atoms with van der Waals surface area (Å²) in [7, 11) is 0. The van der Waals surface area contributed by atoms with E-state index in [1.54, 1.807) is 30.3 Å². The van der Waals surface area contributed by atoms with Gasteiger partial charge in [0.15, 0.2) is 0 Å². The average Bonchev–Trinajstić information content (AvgIpc) is 3.10. The van der Waals surface area contributed by atoms with Crippen LogP contribution in [0.1, 0.15) is 17.9 Å².